The SMILES string of the molecule is CC(C)C(=O)Nc1nnc(S(=O)(=O)N(Cc2ccccc2)Cc2ccccc2)s1. The third kappa shape index (κ3) is 5.47. The fourth-order valence-electron chi connectivity index (χ4n) is 2.52. The lowest BCUT2D eigenvalue weighted by Gasteiger charge is -2.21. The highest BCUT2D eigenvalue weighted by molar-refractivity contribution is 7.91. The number of aromatic nitrogens is 2. The zero-order chi connectivity index (χ0) is 20.9. The first-order valence-electron chi connectivity index (χ1n) is 9.08. The molecule has 1 N–H and O–H groups in total. The highest BCUT2D eigenvalue weighted by Gasteiger charge is 2.29. The van der Waals surface area contributed by atoms with Crippen LogP contribution in [-0.4, -0.2) is 28.8 Å². The van der Waals surface area contributed by atoms with Crippen molar-refractivity contribution in [2.75, 3.05) is 5.32 Å². The number of hydrogen-bond donors (Lipinski definition) is 1. The summed E-state index contributed by atoms with van der Waals surface area (Å²) in [6.07, 6.45) is 0. The van der Waals surface area contributed by atoms with Crippen molar-refractivity contribution in [3.05, 3.63) is 71.8 Å². The first kappa shape index (κ1) is 21.1. The number of carbonyl (C=O) groups excluding carboxylic acids is 1. The summed E-state index contributed by atoms with van der Waals surface area (Å²) in [5.41, 5.74) is 1.73. The van der Waals surface area contributed by atoms with Crippen molar-refractivity contribution in [1.29, 1.82) is 0 Å². The average Bonchev–Trinajstić information content (AvgIpc) is 3.18. The minimum absolute atomic E-state index is 0.150. The molecule has 0 fully saturated rings. The molecule has 0 aliphatic carbocycles. The molecule has 3 aromatic rings. The van der Waals surface area contributed by atoms with E-state index in [1.807, 2.05) is 60.7 Å². The van der Waals surface area contributed by atoms with E-state index in [2.05, 4.69) is 15.5 Å². The normalized spacial score (nSPS) is 11.7. The van der Waals surface area contributed by atoms with E-state index in [9.17, 15) is 13.2 Å². The van der Waals surface area contributed by atoms with Crippen LogP contribution >= 0.6 is 11.3 Å². The second-order valence-corrected chi connectivity index (χ2v) is 9.85. The Bertz CT molecular complexity index is 1010. The van der Waals surface area contributed by atoms with E-state index in [0.29, 0.717) is 0 Å². The summed E-state index contributed by atoms with van der Waals surface area (Å²) in [6.45, 7) is 3.89. The molecular formula is C20H22N4O3S2. The summed E-state index contributed by atoms with van der Waals surface area (Å²) in [4.78, 5) is 11.9. The third-order valence-electron chi connectivity index (χ3n) is 4.13. The van der Waals surface area contributed by atoms with Gasteiger partial charge in [0.25, 0.3) is 10.0 Å². The smallest absolute Gasteiger partial charge is 0.272 e. The lowest BCUT2D eigenvalue weighted by atomic mass is 10.2. The molecule has 2 aromatic carbocycles. The molecule has 1 aromatic heterocycles. The molecule has 1 heterocycles. The zero-order valence-corrected chi connectivity index (χ0v) is 17.8. The maximum Gasteiger partial charge on any atom is 0.272 e. The molecule has 3 rings (SSSR count). The summed E-state index contributed by atoms with van der Waals surface area (Å²) >= 11 is 0.851. The van der Waals surface area contributed by atoms with E-state index in [1.165, 1.54) is 4.31 Å². The van der Waals surface area contributed by atoms with Crippen LogP contribution < -0.4 is 5.32 Å². The van der Waals surface area contributed by atoms with Crippen molar-refractivity contribution in [2.24, 2.45) is 5.92 Å². The van der Waals surface area contributed by atoms with E-state index in [-0.39, 0.29) is 34.4 Å². The quantitative estimate of drug-likeness (QED) is 0.552. The molecule has 7 nitrogen and oxygen atoms in total. The van der Waals surface area contributed by atoms with Crippen molar-refractivity contribution in [2.45, 2.75) is 31.3 Å². The van der Waals surface area contributed by atoms with E-state index in [1.54, 1.807) is 13.8 Å². The number of carbonyl (C=O) groups is 1. The van der Waals surface area contributed by atoms with E-state index >= 15 is 0 Å². The Morgan fingerprint density at radius 1 is 0.966 bits per heavy atom. The number of benzene rings is 2. The molecule has 0 aliphatic rings. The van der Waals surface area contributed by atoms with Crippen LogP contribution in [0.3, 0.4) is 0 Å². The van der Waals surface area contributed by atoms with E-state index < -0.39 is 10.0 Å². The van der Waals surface area contributed by atoms with Crippen molar-refractivity contribution < 1.29 is 13.2 Å². The second kappa shape index (κ2) is 9.25. The largest absolute Gasteiger partial charge is 0.300 e. The summed E-state index contributed by atoms with van der Waals surface area (Å²) in [6, 6.07) is 18.7. The van der Waals surface area contributed by atoms with Gasteiger partial charge < -0.3 is 5.32 Å². The third-order valence-corrected chi connectivity index (χ3v) is 7.10. The Hall–Kier alpha value is -2.62. The molecule has 0 saturated heterocycles. The predicted molar refractivity (Wildman–Crippen MR) is 113 cm³/mol. The second-order valence-electron chi connectivity index (χ2n) is 6.76. The molecular weight excluding hydrogens is 408 g/mol. The summed E-state index contributed by atoms with van der Waals surface area (Å²) < 4.78 is 27.8. The fraction of sp³-hybridized carbons (Fsp3) is 0.250. The number of hydrogen-bond acceptors (Lipinski definition) is 6. The molecule has 1 amide bonds. The van der Waals surface area contributed by atoms with Crippen molar-refractivity contribution >= 4 is 32.4 Å². The molecule has 152 valence electrons. The monoisotopic (exact) mass is 430 g/mol. The van der Waals surface area contributed by atoms with Crippen molar-refractivity contribution in [3.63, 3.8) is 0 Å². The van der Waals surface area contributed by atoms with Crippen LogP contribution in [0.5, 0.6) is 0 Å². The van der Waals surface area contributed by atoms with Crippen LogP contribution in [0, 0.1) is 5.92 Å². The number of amides is 1. The molecule has 0 atom stereocenters. The first-order chi connectivity index (χ1) is 13.9. The lowest BCUT2D eigenvalue weighted by molar-refractivity contribution is -0.118. The molecule has 0 radical (unpaired) electrons. The van der Waals surface area contributed by atoms with E-state index in [0.717, 1.165) is 22.5 Å². The van der Waals surface area contributed by atoms with Gasteiger partial charge in [-0.05, 0) is 11.1 Å². The number of nitrogens with zero attached hydrogens (tertiary/aromatic N) is 3. The Morgan fingerprint density at radius 2 is 1.48 bits per heavy atom. The van der Waals surface area contributed by atoms with Gasteiger partial charge in [0.15, 0.2) is 0 Å². The Balaban J connectivity index is 1.89. The number of sulfonamides is 1. The molecule has 0 bridgehead atoms. The Labute approximate surface area is 174 Å². The van der Waals surface area contributed by atoms with Gasteiger partial charge in [-0.2, -0.15) is 4.31 Å². The number of rotatable bonds is 8. The van der Waals surface area contributed by atoms with Gasteiger partial charge in [0.05, 0.1) is 0 Å². The highest BCUT2D eigenvalue weighted by Crippen LogP contribution is 2.26. The summed E-state index contributed by atoms with van der Waals surface area (Å²) in [5, 5.41) is 10.4. The van der Waals surface area contributed by atoms with Crippen molar-refractivity contribution in [1.82, 2.24) is 14.5 Å². The van der Waals surface area contributed by atoms with Gasteiger partial charge in [-0.3, -0.25) is 4.79 Å². The highest BCUT2D eigenvalue weighted by atomic mass is 32.2. The van der Waals surface area contributed by atoms with Gasteiger partial charge in [-0.15, -0.1) is 10.2 Å². The van der Waals surface area contributed by atoms with Crippen LogP contribution in [0.1, 0.15) is 25.0 Å². The first-order valence-corrected chi connectivity index (χ1v) is 11.3. The van der Waals surface area contributed by atoms with Gasteiger partial charge in [-0.25, -0.2) is 8.42 Å². The maximum absolute atomic E-state index is 13.3. The summed E-state index contributed by atoms with van der Waals surface area (Å²) in [5.74, 6) is -0.484. The number of anilines is 1. The summed E-state index contributed by atoms with van der Waals surface area (Å²) in [7, 11) is -3.91. The van der Waals surface area contributed by atoms with Gasteiger partial charge >= 0.3 is 0 Å². The van der Waals surface area contributed by atoms with Gasteiger partial charge in [0, 0.05) is 19.0 Å². The van der Waals surface area contributed by atoms with Crippen LogP contribution in [0.2, 0.25) is 0 Å². The average molecular weight is 431 g/mol. The number of nitrogens with one attached hydrogen (secondary N) is 1. The molecule has 0 saturated carbocycles. The lowest BCUT2D eigenvalue weighted by Crippen LogP contribution is -2.30. The molecule has 0 unspecified atom stereocenters. The predicted octanol–water partition coefficient (Wildman–Crippen LogP) is 3.52. The van der Waals surface area contributed by atoms with Gasteiger partial charge in [0.1, 0.15) is 0 Å². The molecule has 0 aliphatic heterocycles. The zero-order valence-electron chi connectivity index (χ0n) is 16.1. The standard InChI is InChI=1S/C20H22N4O3S2/c1-15(2)18(25)21-19-22-23-20(28-19)29(26,27)24(13-16-9-5-3-6-10-16)14-17-11-7-4-8-12-17/h3-12,15H,13-14H2,1-2H3,(H,21,22,25). The van der Waals surface area contributed by atoms with Gasteiger partial charge in [0.2, 0.25) is 15.4 Å². The maximum atomic E-state index is 13.3. The molecule has 9 heteroatoms. The molecule has 29 heavy (non-hydrogen) atoms. The van der Waals surface area contributed by atoms with Crippen LogP contribution in [-0.2, 0) is 27.9 Å². The van der Waals surface area contributed by atoms with Crippen molar-refractivity contribution in [3.8, 4) is 0 Å². The topological polar surface area (TPSA) is 92.3 Å². The van der Waals surface area contributed by atoms with Crippen LogP contribution in [0.15, 0.2) is 65.0 Å². The minimum atomic E-state index is -3.91. The van der Waals surface area contributed by atoms with Gasteiger partial charge in [-0.1, -0.05) is 85.8 Å². The minimum Gasteiger partial charge on any atom is -0.300 e. The fourth-order valence-corrected chi connectivity index (χ4v) is 4.98. The Kier molecular flexibility index (Phi) is 6.73. The van der Waals surface area contributed by atoms with Crippen LogP contribution in [0.4, 0.5) is 5.13 Å². The van der Waals surface area contributed by atoms with Crippen LogP contribution in [0.25, 0.3) is 0 Å². The Morgan fingerprint density at radius 3 is 1.97 bits per heavy atom. The molecule has 0 spiro atoms. The van der Waals surface area contributed by atoms with E-state index in [4.69, 9.17) is 0 Å².